The number of hydrogen-bond acceptors (Lipinski definition) is 2. The molecule has 1 heterocycles. The molecule has 0 amide bonds. The van der Waals surface area contributed by atoms with E-state index in [9.17, 15) is 0 Å². The summed E-state index contributed by atoms with van der Waals surface area (Å²) in [6, 6.07) is 0. The highest BCUT2D eigenvalue weighted by molar-refractivity contribution is 7.80. The van der Waals surface area contributed by atoms with Gasteiger partial charge in [0.2, 0.25) is 0 Å². The second-order valence-corrected chi connectivity index (χ2v) is 6.09. The second kappa shape index (κ2) is 6.80. The minimum absolute atomic E-state index is 0.583. The lowest BCUT2D eigenvalue weighted by Gasteiger charge is -2.23. The summed E-state index contributed by atoms with van der Waals surface area (Å²) in [7, 11) is 0. The molecule has 0 N–H and O–H groups in total. The van der Waals surface area contributed by atoms with Crippen LogP contribution in [-0.2, 0) is 0 Å². The summed E-state index contributed by atoms with van der Waals surface area (Å²) in [6.45, 7) is 8.77. The van der Waals surface area contributed by atoms with Crippen LogP contribution >= 0.6 is 12.6 Å². The Morgan fingerprint density at radius 3 is 2.60 bits per heavy atom. The summed E-state index contributed by atoms with van der Waals surface area (Å²) in [5, 5.41) is 0. The normalized spacial score (nSPS) is 22.6. The first kappa shape index (κ1) is 13.4. The van der Waals surface area contributed by atoms with Crippen LogP contribution in [0, 0.1) is 5.41 Å². The van der Waals surface area contributed by atoms with Crippen LogP contribution < -0.4 is 0 Å². The molecule has 1 nitrogen and oxygen atoms in total. The molecule has 0 saturated carbocycles. The predicted molar refractivity (Wildman–Crippen MR) is 71.8 cm³/mol. The van der Waals surface area contributed by atoms with E-state index < -0.39 is 0 Å². The fourth-order valence-corrected chi connectivity index (χ4v) is 2.55. The van der Waals surface area contributed by atoms with Gasteiger partial charge in [-0.15, -0.1) is 0 Å². The van der Waals surface area contributed by atoms with Crippen molar-refractivity contribution in [2.45, 2.75) is 52.4 Å². The van der Waals surface area contributed by atoms with Gasteiger partial charge in [0, 0.05) is 0 Å². The summed E-state index contributed by atoms with van der Waals surface area (Å²) in [4.78, 5) is 2.66. The van der Waals surface area contributed by atoms with Crippen LogP contribution in [0.3, 0.4) is 0 Å². The molecule has 1 saturated heterocycles. The van der Waals surface area contributed by atoms with Crippen LogP contribution in [0.25, 0.3) is 0 Å². The number of thiol groups is 1. The highest BCUT2D eigenvalue weighted by Crippen LogP contribution is 2.29. The van der Waals surface area contributed by atoms with E-state index in [1.807, 2.05) is 0 Å². The molecule has 1 fully saturated rings. The van der Waals surface area contributed by atoms with Gasteiger partial charge in [0.05, 0.1) is 0 Å². The molecule has 0 aliphatic carbocycles. The summed E-state index contributed by atoms with van der Waals surface area (Å²) in [6.07, 6.45) is 8.16. The van der Waals surface area contributed by atoms with E-state index in [0.29, 0.717) is 5.41 Å². The average molecular weight is 229 g/mol. The molecule has 15 heavy (non-hydrogen) atoms. The molecule has 0 aromatic rings. The van der Waals surface area contributed by atoms with E-state index in [2.05, 4.69) is 31.4 Å². The van der Waals surface area contributed by atoms with Crippen LogP contribution in [-0.4, -0.2) is 30.3 Å². The van der Waals surface area contributed by atoms with Gasteiger partial charge in [-0.1, -0.05) is 20.3 Å². The van der Waals surface area contributed by atoms with Crippen molar-refractivity contribution in [1.82, 2.24) is 4.90 Å². The van der Waals surface area contributed by atoms with Crippen LogP contribution in [0.1, 0.15) is 52.4 Å². The SMILES string of the molecule is CC1(C)CCCN(CCCCCS)CC1. The van der Waals surface area contributed by atoms with Gasteiger partial charge in [-0.25, -0.2) is 0 Å². The lowest BCUT2D eigenvalue weighted by Crippen LogP contribution is -2.26. The highest BCUT2D eigenvalue weighted by Gasteiger charge is 2.22. The van der Waals surface area contributed by atoms with Gasteiger partial charge in [-0.2, -0.15) is 12.6 Å². The summed E-state index contributed by atoms with van der Waals surface area (Å²) in [5.74, 6) is 1.05. The minimum atomic E-state index is 0.583. The first-order valence-corrected chi connectivity index (χ1v) is 7.10. The Morgan fingerprint density at radius 2 is 1.87 bits per heavy atom. The second-order valence-electron chi connectivity index (χ2n) is 5.64. The molecule has 0 spiro atoms. The Labute approximate surface area is 101 Å². The van der Waals surface area contributed by atoms with Gasteiger partial charge < -0.3 is 4.90 Å². The fourth-order valence-electron chi connectivity index (χ4n) is 2.33. The monoisotopic (exact) mass is 229 g/mol. The molecule has 0 radical (unpaired) electrons. The van der Waals surface area contributed by atoms with Gasteiger partial charge in [0.15, 0.2) is 0 Å². The van der Waals surface area contributed by atoms with Crippen LogP contribution in [0.5, 0.6) is 0 Å². The third kappa shape index (κ3) is 5.82. The highest BCUT2D eigenvalue weighted by atomic mass is 32.1. The zero-order valence-corrected chi connectivity index (χ0v) is 11.4. The smallest absolute Gasteiger partial charge is 0.00136 e. The molecule has 0 bridgehead atoms. The van der Waals surface area contributed by atoms with Crippen LogP contribution in [0.4, 0.5) is 0 Å². The number of hydrogen-bond donors (Lipinski definition) is 1. The van der Waals surface area contributed by atoms with E-state index in [1.165, 1.54) is 58.2 Å². The molecular weight excluding hydrogens is 202 g/mol. The fraction of sp³-hybridized carbons (Fsp3) is 1.00. The third-order valence-corrected chi connectivity index (χ3v) is 3.88. The number of nitrogens with zero attached hydrogens (tertiary/aromatic N) is 1. The lowest BCUT2D eigenvalue weighted by molar-refractivity contribution is 0.258. The largest absolute Gasteiger partial charge is 0.303 e. The predicted octanol–water partition coefficient (Wildman–Crippen LogP) is 3.60. The molecule has 0 unspecified atom stereocenters. The Kier molecular flexibility index (Phi) is 6.06. The van der Waals surface area contributed by atoms with Crippen molar-refractivity contribution in [2.24, 2.45) is 5.41 Å². The summed E-state index contributed by atoms with van der Waals surface area (Å²) >= 11 is 4.25. The molecule has 1 aliphatic rings. The average Bonchev–Trinajstić information content (AvgIpc) is 2.35. The first-order valence-electron chi connectivity index (χ1n) is 6.47. The van der Waals surface area contributed by atoms with E-state index in [4.69, 9.17) is 0 Å². The van der Waals surface area contributed by atoms with Crippen molar-refractivity contribution in [2.75, 3.05) is 25.4 Å². The van der Waals surface area contributed by atoms with Crippen LogP contribution in [0.2, 0.25) is 0 Å². The van der Waals surface area contributed by atoms with E-state index in [-0.39, 0.29) is 0 Å². The van der Waals surface area contributed by atoms with Gasteiger partial charge in [0.1, 0.15) is 0 Å². The van der Waals surface area contributed by atoms with Crippen molar-refractivity contribution >= 4 is 12.6 Å². The maximum absolute atomic E-state index is 4.25. The van der Waals surface area contributed by atoms with Crippen LogP contribution in [0.15, 0.2) is 0 Å². The lowest BCUT2D eigenvalue weighted by atomic mass is 9.85. The molecule has 0 atom stereocenters. The topological polar surface area (TPSA) is 3.24 Å². The van der Waals surface area contributed by atoms with Crippen molar-refractivity contribution in [3.05, 3.63) is 0 Å². The van der Waals surface area contributed by atoms with Gasteiger partial charge >= 0.3 is 0 Å². The van der Waals surface area contributed by atoms with Gasteiger partial charge in [0.25, 0.3) is 0 Å². The van der Waals surface area contributed by atoms with Gasteiger partial charge in [-0.05, 0) is 62.9 Å². The maximum Gasteiger partial charge on any atom is -0.00136 e. The molecule has 1 aliphatic heterocycles. The number of unbranched alkanes of at least 4 members (excludes halogenated alkanes) is 2. The molecule has 2 heteroatoms. The standard InChI is InChI=1S/C13H27NS/c1-13(2)7-6-10-14(11-8-13)9-4-3-5-12-15/h15H,3-12H2,1-2H3. The maximum atomic E-state index is 4.25. The summed E-state index contributed by atoms with van der Waals surface area (Å²) < 4.78 is 0. The molecule has 90 valence electrons. The molecule has 1 rings (SSSR count). The number of likely N-dealkylation sites (tertiary alicyclic amines) is 1. The van der Waals surface area contributed by atoms with E-state index in [1.54, 1.807) is 0 Å². The third-order valence-electron chi connectivity index (χ3n) is 3.57. The molecular formula is C13H27NS. The van der Waals surface area contributed by atoms with Crippen molar-refractivity contribution < 1.29 is 0 Å². The Hall–Kier alpha value is 0.310. The quantitative estimate of drug-likeness (QED) is 0.557. The zero-order valence-electron chi connectivity index (χ0n) is 10.5. The van der Waals surface area contributed by atoms with Crippen molar-refractivity contribution in [3.8, 4) is 0 Å². The van der Waals surface area contributed by atoms with Crippen molar-refractivity contribution in [1.29, 1.82) is 0 Å². The zero-order chi connectivity index (χ0) is 11.1. The summed E-state index contributed by atoms with van der Waals surface area (Å²) in [5.41, 5.74) is 0.583. The molecule has 0 aromatic heterocycles. The Balaban J connectivity index is 2.14. The Bertz CT molecular complexity index is 168. The number of rotatable bonds is 5. The molecule has 0 aromatic carbocycles. The first-order chi connectivity index (χ1) is 7.14. The van der Waals surface area contributed by atoms with Crippen molar-refractivity contribution in [3.63, 3.8) is 0 Å². The van der Waals surface area contributed by atoms with E-state index in [0.717, 1.165) is 5.75 Å². The van der Waals surface area contributed by atoms with Gasteiger partial charge in [-0.3, -0.25) is 0 Å². The Morgan fingerprint density at radius 1 is 1.07 bits per heavy atom. The van der Waals surface area contributed by atoms with E-state index >= 15 is 0 Å². The minimum Gasteiger partial charge on any atom is -0.303 e.